The number of methoxy groups -OCH3 is 2. The van der Waals surface area contributed by atoms with E-state index in [1.807, 2.05) is 18.5 Å². The van der Waals surface area contributed by atoms with Gasteiger partial charge in [0, 0.05) is 19.0 Å². The Hall–Kier alpha value is -2.08. The molecule has 0 spiro atoms. The number of benzene rings is 1. The van der Waals surface area contributed by atoms with Gasteiger partial charge in [-0.25, -0.2) is 4.39 Å². The van der Waals surface area contributed by atoms with E-state index in [0.717, 1.165) is 29.2 Å². The molecule has 1 saturated carbocycles. The van der Waals surface area contributed by atoms with E-state index in [1.165, 1.54) is 19.2 Å². The second kappa shape index (κ2) is 7.44. The van der Waals surface area contributed by atoms with Gasteiger partial charge in [0.1, 0.15) is 10.8 Å². The zero-order valence-electron chi connectivity index (χ0n) is 14.6. The standard InChI is InChI=1S/C19H22FNO3S/c1-21(18-16(23-2)10-11-25-18)15-9-8-14(19(22)24-3)17(15)12-4-6-13(20)7-5-12/h4-7,10-11,14-15,17H,8-9H2,1-3H3. The van der Waals surface area contributed by atoms with Crippen molar-refractivity contribution in [3.63, 3.8) is 0 Å². The summed E-state index contributed by atoms with van der Waals surface area (Å²) in [6, 6.07) is 8.50. The molecule has 3 rings (SSSR count). The van der Waals surface area contributed by atoms with Crippen molar-refractivity contribution in [1.29, 1.82) is 0 Å². The number of ether oxygens (including phenoxy) is 2. The Bertz CT molecular complexity index is 731. The molecule has 1 heterocycles. The lowest BCUT2D eigenvalue weighted by atomic mass is 9.86. The smallest absolute Gasteiger partial charge is 0.309 e. The van der Waals surface area contributed by atoms with E-state index in [1.54, 1.807) is 30.6 Å². The Morgan fingerprint density at radius 1 is 1.20 bits per heavy atom. The Labute approximate surface area is 151 Å². The number of carbonyl (C=O) groups is 1. The number of nitrogens with zero attached hydrogens (tertiary/aromatic N) is 1. The van der Waals surface area contributed by atoms with E-state index in [-0.39, 0.29) is 29.7 Å². The van der Waals surface area contributed by atoms with Gasteiger partial charge >= 0.3 is 5.97 Å². The van der Waals surface area contributed by atoms with Gasteiger partial charge in [-0.1, -0.05) is 12.1 Å². The summed E-state index contributed by atoms with van der Waals surface area (Å²) in [5.74, 6) is 0.0650. The van der Waals surface area contributed by atoms with Gasteiger partial charge < -0.3 is 14.4 Å². The van der Waals surface area contributed by atoms with Crippen molar-refractivity contribution in [3.05, 3.63) is 47.1 Å². The highest BCUT2D eigenvalue weighted by atomic mass is 32.1. The normalized spacial score (nSPS) is 22.6. The molecule has 1 aliphatic carbocycles. The molecule has 1 fully saturated rings. The average Bonchev–Trinajstić information content (AvgIpc) is 3.28. The molecule has 1 aromatic heterocycles. The Kier molecular flexibility index (Phi) is 5.27. The molecule has 3 atom stereocenters. The SMILES string of the molecule is COC(=O)C1CCC(N(C)c2sccc2OC)C1c1ccc(F)cc1. The van der Waals surface area contributed by atoms with Crippen molar-refractivity contribution in [3.8, 4) is 5.75 Å². The zero-order chi connectivity index (χ0) is 18.0. The molecule has 0 saturated heterocycles. The van der Waals surface area contributed by atoms with Gasteiger partial charge in [0.2, 0.25) is 0 Å². The molecule has 25 heavy (non-hydrogen) atoms. The summed E-state index contributed by atoms with van der Waals surface area (Å²) < 4.78 is 23.8. The molecule has 3 unspecified atom stereocenters. The van der Waals surface area contributed by atoms with Crippen LogP contribution in [0.4, 0.5) is 9.39 Å². The maximum Gasteiger partial charge on any atom is 0.309 e. The molecular formula is C19H22FNO3S. The van der Waals surface area contributed by atoms with E-state index in [4.69, 9.17) is 9.47 Å². The van der Waals surface area contributed by atoms with Gasteiger partial charge in [0.05, 0.1) is 20.1 Å². The van der Waals surface area contributed by atoms with Gasteiger partial charge in [-0.2, -0.15) is 0 Å². The number of carbonyl (C=O) groups excluding carboxylic acids is 1. The second-order valence-corrected chi connectivity index (χ2v) is 7.15. The van der Waals surface area contributed by atoms with Crippen LogP contribution < -0.4 is 9.64 Å². The van der Waals surface area contributed by atoms with Crippen molar-refractivity contribution in [2.24, 2.45) is 5.92 Å². The first-order valence-electron chi connectivity index (χ1n) is 8.24. The highest BCUT2D eigenvalue weighted by Crippen LogP contribution is 2.46. The van der Waals surface area contributed by atoms with Crippen LogP contribution in [0.2, 0.25) is 0 Å². The molecule has 0 N–H and O–H groups in total. The third kappa shape index (κ3) is 3.35. The first-order valence-corrected chi connectivity index (χ1v) is 9.12. The van der Waals surface area contributed by atoms with Crippen LogP contribution in [0.3, 0.4) is 0 Å². The van der Waals surface area contributed by atoms with Crippen molar-refractivity contribution in [2.75, 3.05) is 26.2 Å². The number of hydrogen-bond donors (Lipinski definition) is 0. The van der Waals surface area contributed by atoms with Crippen LogP contribution in [0.25, 0.3) is 0 Å². The zero-order valence-corrected chi connectivity index (χ0v) is 15.4. The lowest BCUT2D eigenvalue weighted by molar-refractivity contribution is -0.145. The van der Waals surface area contributed by atoms with Crippen LogP contribution in [0.5, 0.6) is 5.75 Å². The third-order valence-corrected chi connectivity index (χ3v) is 6.01. The van der Waals surface area contributed by atoms with Crippen molar-refractivity contribution in [1.82, 2.24) is 0 Å². The van der Waals surface area contributed by atoms with Crippen LogP contribution >= 0.6 is 11.3 Å². The summed E-state index contributed by atoms with van der Waals surface area (Å²) in [7, 11) is 5.10. The summed E-state index contributed by atoms with van der Waals surface area (Å²) in [5, 5.41) is 3.02. The molecule has 1 aromatic carbocycles. The average molecular weight is 363 g/mol. The van der Waals surface area contributed by atoms with Crippen LogP contribution in [0.15, 0.2) is 35.7 Å². The molecule has 134 valence electrons. The Balaban J connectivity index is 1.96. The maximum absolute atomic E-state index is 13.4. The van der Waals surface area contributed by atoms with Crippen molar-refractivity contribution < 1.29 is 18.7 Å². The molecule has 0 bridgehead atoms. The quantitative estimate of drug-likeness (QED) is 0.751. The minimum atomic E-state index is -0.277. The van der Waals surface area contributed by atoms with Gasteiger partial charge in [0.25, 0.3) is 0 Å². The first-order chi connectivity index (χ1) is 12.1. The fourth-order valence-corrected chi connectivity index (χ4v) is 4.71. The molecule has 0 amide bonds. The summed E-state index contributed by atoms with van der Waals surface area (Å²) in [6.07, 6.45) is 1.61. The summed E-state index contributed by atoms with van der Waals surface area (Å²) in [6.45, 7) is 0. The van der Waals surface area contributed by atoms with Crippen LogP contribution in [0, 0.1) is 11.7 Å². The van der Waals surface area contributed by atoms with E-state index in [0.29, 0.717) is 0 Å². The molecule has 0 radical (unpaired) electrons. The maximum atomic E-state index is 13.4. The monoisotopic (exact) mass is 363 g/mol. The van der Waals surface area contributed by atoms with Gasteiger partial charge in [0.15, 0.2) is 5.75 Å². The van der Waals surface area contributed by atoms with E-state index >= 15 is 0 Å². The Morgan fingerprint density at radius 3 is 2.56 bits per heavy atom. The summed E-state index contributed by atoms with van der Waals surface area (Å²) in [4.78, 5) is 14.5. The minimum Gasteiger partial charge on any atom is -0.494 e. The van der Waals surface area contributed by atoms with E-state index in [2.05, 4.69) is 4.90 Å². The highest BCUT2D eigenvalue weighted by molar-refractivity contribution is 7.14. The van der Waals surface area contributed by atoms with Crippen LogP contribution in [-0.2, 0) is 9.53 Å². The molecule has 0 aliphatic heterocycles. The predicted molar refractivity (Wildman–Crippen MR) is 96.9 cm³/mol. The largest absolute Gasteiger partial charge is 0.494 e. The lowest BCUT2D eigenvalue weighted by Crippen LogP contribution is -2.36. The van der Waals surface area contributed by atoms with E-state index < -0.39 is 0 Å². The molecular weight excluding hydrogens is 341 g/mol. The predicted octanol–water partition coefficient (Wildman–Crippen LogP) is 4.07. The Morgan fingerprint density at radius 2 is 1.92 bits per heavy atom. The fraction of sp³-hybridized carbons (Fsp3) is 0.421. The number of thiophene rings is 1. The number of halogens is 1. The first kappa shape index (κ1) is 17.7. The summed E-state index contributed by atoms with van der Waals surface area (Å²) >= 11 is 1.61. The van der Waals surface area contributed by atoms with Crippen LogP contribution in [-0.4, -0.2) is 33.3 Å². The van der Waals surface area contributed by atoms with Crippen LogP contribution in [0.1, 0.15) is 24.3 Å². The minimum absolute atomic E-state index is 0.0511. The summed E-state index contributed by atoms with van der Waals surface area (Å²) in [5.41, 5.74) is 0.960. The van der Waals surface area contributed by atoms with E-state index in [9.17, 15) is 9.18 Å². The van der Waals surface area contributed by atoms with Crippen molar-refractivity contribution in [2.45, 2.75) is 24.8 Å². The lowest BCUT2D eigenvalue weighted by Gasteiger charge is -2.32. The van der Waals surface area contributed by atoms with Crippen molar-refractivity contribution >= 4 is 22.3 Å². The number of rotatable bonds is 5. The number of esters is 1. The third-order valence-electron chi connectivity index (χ3n) is 5.03. The number of likely N-dealkylation sites (N-methyl/N-ethyl adjacent to an activating group) is 1. The number of hydrogen-bond acceptors (Lipinski definition) is 5. The van der Waals surface area contributed by atoms with Gasteiger partial charge in [-0.05, 0) is 42.0 Å². The van der Waals surface area contributed by atoms with Gasteiger partial charge in [-0.15, -0.1) is 11.3 Å². The molecule has 4 nitrogen and oxygen atoms in total. The van der Waals surface area contributed by atoms with Gasteiger partial charge in [-0.3, -0.25) is 4.79 Å². The fourth-order valence-electron chi connectivity index (χ4n) is 3.82. The second-order valence-electron chi connectivity index (χ2n) is 6.26. The molecule has 2 aromatic rings. The topological polar surface area (TPSA) is 38.8 Å². The molecule has 1 aliphatic rings. The number of anilines is 1. The highest BCUT2D eigenvalue weighted by Gasteiger charge is 2.44. The molecule has 6 heteroatoms.